The number of aromatic nitrogens is 3. The van der Waals surface area contributed by atoms with Crippen LogP contribution in [0.4, 0.5) is 0 Å². The van der Waals surface area contributed by atoms with Crippen molar-refractivity contribution in [1.82, 2.24) is 25.6 Å². The summed E-state index contributed by atoms with van der Waals surface area (Å²) in [6, 6.07) is 8.13. The molecule has 3 rings (SSSR count). The van der Waals surface area contributed by atoms with Gasteiger partial charge in [0, 0.05) is 43.5 Å². The van der Waals surface area contributed by atoms with Crippen LogP contribution in [0.15, 0.2) is 35.5 Å². The van der Waals surface area contributed by atoms with Crippen LogP contribution in [0, 0.1) is 6.92 Å². The molecule has 0 bridgehead atoms. The van der Waals surface area contributed by atoms with Gasteiger partial charge in [-0.25, -0.2) is 9.97 Å². The summed E-state index contributed by atoms with van der Waals surface area (Å²) in [7, 11) is 0. The van der Waals surface area contributed by atoms with Gasteiger partial charge < -0.3 is 15.6 Å². The average Bonchev–Trinajstić information content (AvgIpc) is 3.24. The van der Waals surface area contributed by atoms with Gasteiger partial charge in [-0.3, -0.25) is 4.99 Å². The molecule has 0 radical (unpaired) electrons. The van der Waals surface area contributed by atoms with Gasteiger partial charge in [0.1, 0.15) is 5.82 Å². The molecule has 3 N–H and O–H groups in total. The van der Waals surface area contributed by atoms with Gasteiger partial charge in [0.15, 0.2) is 5.96 Å². The number of imidazole rings is 1. The fourth-order valence-electron chi connectivity index (χ4n) is 2.71. The summed E-state index contributed by atoms with van der Waals surface area (Å²) in [6.45, 7) is 6.62. The lowest BCUT2D eigenvalue weighted by Gasteiger charge is -2.10. The topological polar surface area (TPSA) is 78.0 Å². The summed E-state index contributed by atoms with van der Waals surface area (Å²) in [6.07, 6.45) is 4.71. The van der Waals surface area contributed by atoms with E-state index in [2.05, 4.69) is 50.5 Å². The first-order valence-electron chi connectivity index (χ1n) is 9.11. The van der Waals surface area contributed by atoms with Crippen molar-refractivity contribution in [1.29, 1.82) is 0 Å². The quantitative estimate of drug-likeness (QED) is 0.192. The van der Waals surface area contributed by atoms with E-state index in [1.807, 2.05) is 24.4 Å². The first kappa shape index (κ1) is 21.6. The van der Waals surface area contributed by atoms with E-state index in [4.69, 9.17) is 0 Å². The second-order valence-corrected chi connectivity index (χ2v) is 7.43. The fraction of sp³-hybridized carbons (Fsp3) is 0.421. The van der Waals surface area contributed by atoms with Gasteiger partial charge in [0.2, 0.25) is 0 Å². The highest BCUT2D eigenvalue weighted by molar-refractivity contribution is 14.0. The normalized spacial score (nSPS) is 11.4. The molecule has 3 aromatic rings. The molecule has 2 aromatic heterocycles. The molecule has 0 saturated carbocycles. The number of hydrogen-bond acceptors (Lipinski definition) is 4. The molecule has 0 unspecified atom stereocenters. The number of para-hydroxylation sites is 2. The number of aromatic amines is 1. The number of halogens is 1. The molecule has 0 saturated heterocycles. The summed E-state index contributed by atoms with van der Waals surface area (Å²) in [5.41, 5.74) is 2.12. The van der Waals surface area contributed by atoms with Crippen molar-refractivity contribution in [2.24, 2.45) is 4.99 Å². The number of rotatable bonds is 8. The second kappa shape index (κ2) is 11.2. The smallest absolute Gasteiger partial charge is 0.191 e. The minimum Gasteiger partial charge on any atom is -0.357 e. The molecule has 0 aliphatic rings. The Labute approximate surface area is 181 Å². The van der Waals surface area contributed by atoms with Gasteiger partial charge in [0.05, 0.1) is 16.0 Å². The molecule has 2 heterocycles. The highest BCUT2D eigenvalue weighted by Gasteiger charge is 2.03. The third-order valence-corrected chi connectivity index (χ3v) is 4.90. The molecule has 0 spiro atoms. The van der Waals surface area contributed by atoms with Gasteiger partial charge in [-0.1, -0.05) is 12.1 Å². The van der Waals surface area contributed by atoms with Crippen LogP contribution in [0.1, 0.15) is 29.1 Å². The van der Waals surface area contributed by atoms with Crippen molar-refractivity contribution >= 4 is 52.3 Å². The summed E-state index contributed by atoms with van der Waals surface area (Å²) >= 11 is 1.75. The van der Waals surface area contributed by atoms with E-state index < -0.39 is 0 Å². The highest BCUT2D eigenvalue weighted by atomic mass is 127. The predicted octanol–water partition coefficient (Wildman–Crippen LogP) is 3.68. The standard InChI is InChI=1S/C19H26N6S.HI/c1-3-20-19(22-12-10-18-23-13-14(2)26-18)21-11-6-9-17-24-15-7-4-5-8-16(15)25-17;/h4-5,7-8,13H,3,6,9-12H2,1-2H3,(H,24,25)(H2,20,21,22);1H. The predicted molar refractivity (Wildman–Crippen MR) is 124 cm³/mol. The van der Waals surface area contributed by atoms with E-state index in [1.165, 1.54) is 4.88 Å². The van der Waals surface area contributed by atoms with Crippen LogP contribution in [0.2, 0.25) is 0 Å². The Morgan fingerprint density at radius 2 is 2.07 bits per heavy atom. The molecule has 27 heavy (non-hydrogen) atoms. The number of fused-ring (bicyclic) bond motifs is 1. The minimum atomic E-state index is 0. The first-order valence-corrected chi connectivity index (χ1v) is 9.93. The maximum atomic E-state index is 4.65. The molecule has 0 fully saturated rings. The van der Waals surface area contributed by atoms with E-state index in [0.29, 0.717) is 0 Å². The van der Waals surface area contributed by atoms with Crippen molar-refractivity contribution in [2.75, 3.05) is 19.6 Å². The van der Waals surface area contributed by atoms with Crippen LogP contribution < -0.4 is 10.6 Å². The molecule has 0 atom stereocenters. The number of benzene rings is 1. The zero-order valence-corrected chi connectivity index (χ0v) is 18.9. The molecule has 0 aliphatic carbocycles. The Morgan fingerprint density at radius 1 is 1.22 bits per heavy atom. The zero-order chi connectivity index (χ0) is 18.2. The Kier molecular flexibility index (Phi) is 8.99. The lowest BCUT2D eigenvalue weighted by molar-refractivity contribution is 0.763. The van der Waals surface area contributed by atoms with Crippen molar-refractivity contribution in [3.8, 4) is 0 Å². The average molecular weight is 498 g/mol. The SMILES string of the molecule is CCNC(=NCCCc1nc2ccccc2[nH]1)NCCc1ncc(C)s1.I. The van der Waals surface area contributed by atoms with Crippen molar-refractivity contribution in [3.05, 3.63) is 46.2 Å². The minimum absolute atomic E-state index is 0. The van der Waals surface area contributed by atoms with E-state index in [1.54, 1.807) is 11.3 Å². The van der Waals surface area contributed by atoms with Gasteiger partial charge in [0.25, 0.3) is 0 Å². The van der Waals surface area contributed by atoms with Crippen molar-refractivity contribution in [2.45, 2.75) is 33.1 Å². The molecular weight excluding hydrogens is 471 g/mol. The Balaban J connectivity index is 0.00000261. The summed E-state index contributed by atoms with van der Waals surface area (Å²) in [5.74, 6) is 1.89. The number of aliphatic imine (C=N–C) groups is 1. The van der Waals surface area contributed by atoms with Crippen molar-refractivity contribution in [3.63, 3.8) is 0 Å². The maximum absolute atomic E-state index is 4.65. The molecule has 0 aliphatic heterocycles. The molecular formula is C19H27IN6S. The Bertz CT molecular complexity index is 824. The largest absolute Gasteiger partial charge is 0.357 e. The number of aryl methyl sites for hydroxylation is 2. The number of hydrogen-bond donors (Lipinski definition) is 3. The van der Waals surface area contributed by atoms with E-state index in [0.717, 1.165) is 66.7 Å². The Hall–Kier alpha value is -1.68. The van der Waals surface area contributed by atoms with Crippen LogP contribution in [0.25, 0.3) is 11.0 Å². The summed E-state index contributed by atoms with van der Waals surface area (Å²) in [4.78, 5) is 18.3. The van der Waals surface area contributed by atoms with E-state index >= 15 is 0 Å². The lowest BCUT2D eigenvalue weighted by atomic mass is 10.3. The van der Waals surface area contributed by atoms with E-state index in [9.17, 15) is 0 Å². The van der Waals surface area contributed by atoms with Crippen LogP contribution in [-0.4, -0.2) is 40.5 Å². The number of nitrogens with zero attached hydrogens (tertiary/aromatic N) is 3. The molecule has 1 aromatic carbocycles. The van der Waals surface area contributed by atoms with E-state index in [-0.39, 0.29) is 24.0 Å². The number of thiazole rings is 1. The summed E-state index contributed by atoms with van der Waals surface area (Å²) < 4.78 is 0. The van der Waals surface area contributed by atoms with Crippen LogP contribution in [-0.2, 0) is 12.8 Å². The third-order valence-electron chi connectivity index (χ3n) is 3.92. The van der Waals surface area contributed by atoms with Gasteiger partial charge in [-0.05, 0) is 32.4 Å². The van der Waals surface area contributed by atoms with Crippen LogP contribution in [0.5, 0.6) is 0 Å². The second-order valence-electron chi connectivity index (χ2n) is 6.11. The molecule has 0 amide bonds. The molecule has 146 valence electrons. The van der Waals surface area contributed by atoms with Gasteiger partial charge in [-0.2, -0.15) is 0 Å². The Morgan fingerprint density at radius 3 is 2.81 bits per heavy atom. The third kappa shape index (κ3) is 6.76. The lowest BCUT2D eigenvalue weighted by Crippen LogP contribution is -2.38. The van der Waals surface area contributed by atoms with Crippen LogP contribution >= 0.6 is 35.3 Å². The number of nitrogens with one attached hydrogen (secondary N) is 3. The summed E-state index contributed by atoms with van der Waals surface area (Å²) in [5, 5.41) is 7.84. The van der Waals surface area contributed by atoms with Crippen LogP contribution in [0.3, 0.4) is 0 Å². The fourth-order valence-corrected chi connectivity index (χ4v) is 3.49. The molecule has 6 nitrogen and oxygen atoms in total. The van der Waals surface area contributed by atoms with Crippen molar-refractivity contribution < 1.29 is 0 Å². The number of guanidine groups is 1. The first-order chi connectivity index (χ1) is 12.7. The molecule has 8 heteroatoms. The van der Waals surface area contributed by atoms with Gasteiger partial charge in [-0.15, -0.1) is 35.3 Å². The number of H-pyrrole nitrogens is 1. The maximum Gasteiger partial charge on any atom is 0.191 e. The van der Waals surface area contributed by atoms with Gasteiger partial charge >= 0.3 is 0 Å². The highest BCUT2D eigenvalue weighted by Crippen LogP contribution is 2.12. The monoisotopic (exact) mass is 498 g/mol. The zero-order valence-electron chi connectivity index (χ0n) is 15.8.